The van der Waals surface area contributed by atoms with Crippen molar-refractivity contribution >= 4 is 11.9 Å². The number of hydrogen-bond donors (Lipinski definition) is 1. The van der Waals surface area contributed by atoms with Crippen LogP contribution in [0.2, 0.25) is 0 Å². The Hall–Kier alpha value is -1.88. The van der Waals surface area contributed by atoms with Crippen molar-refractivity contribution in [2.45, 2.75) is 51.5 Å². The van der Waals surface area contributed by atoms with Gasteiger partial charge in [-0.25, -0.2) is 9.59 Å². The number of esters is 2. The van der Waals surface area contributed by atoms with Crippen molar-refractivity contribution in [3.8, 4) is 0 Å². The maximum atomic E-state index is 11.3. The van der Waals surface area contributed by atoms with E-state index in [4.69, 9.17) is 9.84 Å². The molecule has 1 N–H and O–H groups in total. The fourth-order valence-electron chi connectivity index (χ4n) is 1.10. The van der Waals surface area contributed by atoms with Crippen LogP contribution in [0, 0.1) is 0 Å². The molecule has 1 aromatic rings. The number of benzene rings is 1. The molecule has 1 aromatic carbocycles. The Morgan fingerprint density at radius 3 is 1.41 bits per heavy atom. The standard InChI is InChI=1S/C11H12O5.6CH4/c1-2-15-10(13)8-3-5-9(6-4-8)11(14)16-7-12;;;;;;/h3-6,12H,2,7H2,1H3;6*1H4. The molecule has 0 atom stereocenters. The number of aliphatic hydroxyl groups is 1. The molecule has 0 aromatic heterocycles. The number of aliphatic hydroxyl groups excluding tert-OH is 1. The van der Waals surface area contributed by atoms with Crippen molar-refractivity contribution < 1.29 is 24.2 Å². The van der Waals surface area contributed by atoms with Gasteiger partial charge in [-0.1, -0.05) is 44.6 Å². The second kappa shape index (κ2) is 19.1. The second-order valence-electron chi connectivity index (χ2n) is 2.86. The summed E-state index contributed by atoms with van der Waals surface area (Å²) in [7, 11) is 0. The molecule has 0 heterocycles. The van der Waals surface area contributed by atoms with Gasteiger partial charge in [0.15, 0.2) is 6.79 Å². The topological polar surface area (TPSA) is 72.8 Å². The highest BCUT2D eigenvalue weighted by molar-refractivity contribution is 5.93. The summed E-state index contributed by atoms with van der Waals surface area (Å²) in [5.41, 5.74) is 0.629. The quantitative estimate of drug-likeness (QED) is 0.638. The van der Waals surface area contributed by atoms with Gasteiger partial charge in [0.1, 0.15) is 0 Å². The van der Waals surface area contributed by atoms with E-state index < -0.39 is 18.7 Å². The van der Waals surface area contributed by atoms with Gasteiger partial charge in [-0.15, -0.1) is 0 Å². The Kier molecular flexibility index (Phi) is 32.1. The number of carbonyl (C=O) groups is 2. The lowest BCUT2D eigenvalue weighted by atomic mass is 10.1. The first kappa shape index (κ1) is 36.9. The van der Waals surface area contributed by atoms with Gasteiger partial charge in [0.25, 0.3) is 0 Å². The first-order valence-electron chi connectivity index (χ1n) is 4.74. The highest BCUT2D eigenvalue weighted by atomic mass is 16.6. The summed E-state index contributed by atoms with van der Waals surface area (Å²) in [4.78, 5) is 22.4. The van der Waals surface area contributed by atoms with Gasteiger partial charge in [-0.3, -0.25) is 0 Å². The van der Waals surface area contributed by atoms with Crippen molar-refractivity contribution in [3.63, 3.8) is 0 Å². The second-order valence-corrected chi connectivity index (χ2v) is 2.86. The third kappa shape index (κ3) is 10.9. The number of ether oxygens (including phenoxy) is 2. The van der Waals surface area contributed by atoms with E-state index in [1.807, 2.05) is 0 Å². The van der Waals surface area contributed by atoms with Crippen molar-refractivity contribution in [2.75, 3.05) is 13.4 Å². The Balaban J connectivity index is -0.000000107. The van der Waals surface area contributed by atoms with Gasteiger partial charge in [-0.05, 0) is 31.2 Å². The highest BCUT2D eigenvalue weighted by Gasteiger charge is 2.09. The molecular formula is C17H36O5. The van der Waals surface area contributed by atoms with Crippen LogP contribution < -0.4 is 0 Å². The minimum atomic E-state index is -0.668. The van der Waals surface area contributed by atoms with Gasteiger partial charge < -0.3 is 14.6 Å². The van der Waals surface area contributed by atoms with Crippen LogP contribution in [0.25, 0.3) is 0 Å². The third-order valence-electron chi connectivity index (χ3n) is 1.83. The van der Waals surface area contributed by atoms with Crippen LogP contribution in [-0.4, -0.2) is 30.4 Å². The summed E-state index contributed by atoms with van der Waals surface area (Å²) in [6.45, 7) is 1.34. The van der Waals surface area contributed by atoms with Crippen molar-refractivity contribution in [3.05, 3.63) is 35.4 Å². The average molecular weight is 320 g/mol. The average Bonchev–Trinajstić information content (AvgIpc) is 2.30. The maximum absolute atomic E-state index is 11.3. The Morgan fingerprint density at radius 1 is 0.818 bits per heavy atom. The normalized spacial score (nSPS) is 7.00. The Labute approximate surface area is 137 Å². The lowest BCUT2D eigenvalue weighted by molar-refractivity contribution is 0.00679. The van der Waals surface area contributed by atoms with Gasteiger partial charge in [0.05, 0.1) is 17.7 Å². The van der Waals surface area contributed by atoms with Crippen molar-refractivity contribution in [2.24, 2.45) is 0 Å². The van der Waals surface area contributed by atoms with Gasteiger partial charge in [-0.2, -0.15) is 0 Å². The van der Waals surface area contributed by atoms with Crippen LogP contribution >= 0.6 is 0 Å². The Bertz CT molecular complexity index is 334. The van der Waals surface area contributed by atoms with E-state index in [2.05, 4.69) is 4.74 Å². The molecule has 0 saturated heterocycles. The Morgan fingerprint density at radius 2 is 1.14 bits per heavy atom. The molecule has 5 heteroatoms. The minimum absolute atomic E-state index is 0. The zero-order chi connectivity index (χ0) is 12.0. The van der Waals surface area contributed by atoms with Crippen LogP contribution in [0.1, 0.15) is 72.2 Å². The summed E-state index contributed by atoms with van der Waals surface area (Å²) < 4.78 is 9.16. The van der Waals surface area contributed by atoms with E-state index >= 15 is 0 Å². The molecule has 0 fully saturated rings. The van der Waals surface area contributed by atoms with Crippen LogP contribution in [0.3, 0.4) is 0 Å². The van der Waals surface area contributed by atoms with Gasteiger partial charge >= 0.3 is 11.9 Å². The molecule has 0 radical (unpaired) electrons. The highest BCUT2D eigenvalue weighted by Crippen LogP contribution is 2.07. The molecule has 22 heavy (non-hydrogen) atoms. The first-order valence-corrected chi connectivity index (χ1v) is 4.74. The monoisotopic (exact) mass is 320 g/mol. The fraction of sp³-hybridized carbons (Fsp3) is 0.529. The molecule has 0 aliphatic carbocycles. The van der Waals surface area contributed by atoms with E-state index in [1.165, 1.54) is 24.3 Å². The fourth-order valence-corrected chi connectivity index (χ4v) is 1.10. The lowest BCUT2D eigenvalue weighted by Gasteiger charge is -2.03. The number of carbonyl (C=O) groups excluding carboxylic acids is 2. The zero-order valence-corrected chi connectivity index (χ0v) is 8.80. The maximum Gasteiger partial charge on any atom is 0.340 e. The molecule has 0 saturated carbocycles. The van der Waals surface area contributed by atoms with E-state index in [0.29, 0.717) is 12.2 Å². The molecule has 0 unspecified atom stereocenters. The molecule has 5 nitrogen and oxygen atoms in total. The summed E-state index contributed by atoms with van der Waals surface area (Å²) >= 11 is 0. The predicted octanol–water partition coefficient (Wildman–Crippen LogP) is 4.79. The smallest absolute Gasteiger partial charge is 0.340 e. The van der Waals surface area contributed by atoms with Crippen LogP contribution in [0.5, 0.6) is 0 Å². The minimum Gasteiger partial charge on any atom is -0.462 e. The molecule has 134 valence electrons. The number of rotatable bonds is 4. The van der Waals surface area contributed by atoms with E-state index in [-0.39, 0.29) is 50.1 Å². The van der Waals surface area contributed by atoms with Gasteiger partial charge in [0, 0.05) is 0 Å². The molecule has 0 spiro atoms. The molecule has 0 amide bonds. The molecular weight excluding hydrogens is 284 g/mol. The zero-order valence-electron chi connectivity index (χ0n) is 8.80. The van der Waals surface area contributed by atoms with E-state index in [1.54, 1.807) is 6.92 Å². The van der Waals surface area contributed by atoms with Crippen LogP contribution in [0.4, 0.5) is 0 Å². The van der Waals surface area contributed by atoms with E-state index in [9.17, 15) is 9.59 Å². The molecule has 0 aliphatic heterocycles. The third-order valence-corrected chi connectivity index (χ3v) is 1.83. The number of hydrogen-bond acceptors (Lipinski definition) is 5. The molecule has 0 bridgehead atoms. The summed E-state index contributed by atoms with van der Waals surface area (Å²) in [5.74, 6) is -1.08. The van der Waals surface area contributed by atoms with Crippen molar-refractivity contribution in [1.29, 1.82) is 0 Å². The lowest BCUT2D eigenvalue weighted by Crippen LogP contribution is -2.08. The predicted molar refractivity (Wildman–Crippen MR) is 95.3 cm³/mol. The van der Waals surface area contributed by atoms with E-state index in [0.717, 1.165) is 0 Å². The van der Waals surface area contributed by atoms with Gasteiger partial charge in [0.2, 0.25) is 0 Å². The summed E-state index contributed by atoms with van der Waals surface area (Å²) in [6.07, 6.45) is 0. The first-order chi connectivity index (χ1) is 7.69. The van der Waals surface area contributed by atoms with Crippen LogP contribution in [-0.2, 0) is 9.47 Å². The molecule has 0 aliphatic rings. The SMILES string of the molecule is C.C.C.C.C.C.CCOC(=O)c1ccc(C(=O)OCO)cc1. The molecule has 1 rings (SSSR count). The van der Waals surface area contributed by atoms with Crippen molar-refractivity contribution in [1.82, 2.24) is 0 Å². The largest absolute Gasteiger partial charge is 0.462 e. The summed E-state index contributed by atoms with van der Waals surface area (Å²) in [6, 6.07) is 5.80. The van der Waals surface area contributed by atoms with Crippen LogP contribution in [0.15, 0.2) is 24.3 Å². The summed E-state index contributed by atoms with van der Waals surface area (Å²) in [5, 5.41) is 8.39.